The largest absolute Gasteiger partial charge is 0.437 e. The van der Waals surface area contributed by atoms with E-state index in [1.165, 1.54) is 4.68 Å². The Bertz CT molecular complexity index is 901. The Balaban J connectivity index is 1.80. The van der Waals surface area contributed by atoms with E-state index in [0.29, 0.717) is 18.9 Å². The molecule has 0 spiro atoms. The average Bonchev–Trinajstić information content (AvgIpc) is 3.09. The van der Waals surface area contributed by atoms with Gasteiger partial charge in [0.05, 0.1) is 17.6 Å². The predicted molar refractivity (Wildman–Crippen MR) is 96.1 cm³/mol. The first kappa shape index (κ1) is 18.0. The lowest BCUT2D eigenvalue weighted by atomic mass is 10.2. The summed E-state index contributed by atoms with van der Waals surface area (Å²) in [5.41, 5.74) is 0.254. The number of amides is 1. The smallest absolute Gasteiger partial charge is 0.263 e. The van der Waals surface area contributed by atoms with E-state index in [2.05, 4.69) is 41.8 Å². The van der Waals surface area contributed by atoms with Gasteiger partial charge < -0.3 is 9.47 Å². The lowest BCUT2D eigenvalue weighted by Gasteiger charge is -2.11. The van der Waals surface area contributed by atoms with Gasteiger partial charge in [0.2, 0.25) is 11.8 Å². The van der Waals surface area contributed by atoms with E-state index in [4.69, 9.17) is 9.47 Å². The summed E-state index contributed by atoms with van der Waals surface area (Å²) in [6.45, 7) is 0.823. The zero-order valence-electron chi connectivity index (χ0n) is 13.8. The van der Waals surface area contributed by atoms with Crippen molar-refractivity contribution >= 4 is 27.8 Å². The van der Waals surface area contributed by atoms with Gasteiger partial charge >= 0.3 is 0 Å². The van der Waals surface area contributed by atoms with Crippen LogP contribution in [-0.4, -0.2) is 44.8 Å². The molecule has 2 aromatic heterocycles. The molecular formula is C16H15BrN6O3. The molecule has 134 valence electrons. The molecule has 0 radical (unpaired) electrons. The summed E-state index contributed by atoms with van der Waals surface area (Å²) in [7, 11) is 1.57. The number of rotatable bonds is 7. The van der Waals surface area contributed by atoms with Crippen LogP contribution in [0.3, 0.4) is 0 Å². The number of carbonyl (C=O) groups excluding carboxylic acids is 1. The Labute approximate surface area is 157 Å². The molecule has 26 heavy (non-hydrogen) atoms. The minimum atomic E-state index is -0.436. The van der Waals surface area contributed by atoms with E-state index >= 15 is 0 Å². The Morgan fingerprint density at radius 2 is 2.12 bits per heavy atom. The van der Waals surface area contributed by atoms with Gasteiger partial charge in [-0.2, -0.15) is 0 Å². The van der Waals surface area contributed by atoms with Crippen LogP contribution in [0.25, 0.3) is 0 Å². The number of benzene rings is 1. The van der Waals surface area contributed by atoms with Gasteiger partial charge in [0.15, 0.2) is 0 Å². The van der Waals surface area contributed by atoms with Crippen LogP contribution in [0.5, 0.6) is 11.6 Å². The molecule has 9 nitrogen and oxygen atoms in total. The number of halogens is 1. The molecule has 0 saturated carbocycles. The first-order valence-electron chi connectivity index (χ1n) is 7.63. The first-order valence-corrected chi connectivity index (χ1v) is 8.42. The summed E-state index contributed by atoms with van der Waals surface area (Å²) in [6, 6.07) is 10.6. The van der Waals surface area contributed by atoms with Crippen LogP contribution in [-0.2, 0) is 11.3 Å². The number of nitrogens with zero attached hydrogens (tertiary/aromatic N) is 5. The first-order chi connectivity index (χ1) is 12.7. The minimum absolute atomic E-state index is 0.174. The van der Waals surface area contributed by atoms with Gasteiger partial charge in [-0.15, -0.1) is 0 Å². The summed E-state index contributed by atoms with van der Waals surface area (Å²) in [5.74, 6) is 0.495. The molecule has 1 amide bonds. The standard InChI is InChI=1S/C16H15BrN6O3/c1-25-10-9-23-16(20-21-22-23)19-14(24)11-5-4-8-18-15(11)26-13-7-3-2-6-12(13)17/h2-8H,9-10H2,1H3,(H,19,20,22,24). The molecular weight excluding hydrogens is 404 g/mol. The van der Waals surface area contributed by atoms with E-state index in [1.54, 1.807) is 31.5 Å². The fourth-order valence-corrected chi connectivity index (χ4v) is 2.43. The highest BCUT2D eigenvalue weighted by molar-refractivity contribution is 9.10. The number of tetrazole rings is 1. The van der Waals surface area contributed by atoms with Crippen molar-refractivity contribution in [3.05, 3.63) is 52.6 Å². The number of aromatic nitrogens is 5. The lowest BCUT2D eigenvalue weighted by molar-refractivity contribution is 0.102. The van der Waals surface area contributed by atoms with Crippen LogP contribution in [0.1, 0.15) is 10.4 Å². The highest BCUT2D eigenvalue weighted by atomic mass is 79.9. The second-order valence-corrected chi connectivity index (χ2v) is 5.92. The molecule has 0 aliphatic rings. The van der Waals surface area contributed by atoms with Crippen LogP contribution in [0.4, 0.5) is 5.95 Å². The second kappa shape index (κ2) is 8.50. The molecule has 0 fully saturated rings. The average molecular weight is 419 g/mol. The third-order valence-corrected chi connectivity index (χ3v) is 3.98. The number of carbonyl (C=O) groups is 1. The Morgan fingerprint density at radius 3 is 2.92 bits per heavy atom. The summed E-state index contributed by atoms with van der Waals surface area (Å²) < 4.78 is 13.0. The van der Waals surface area contributed by atoms with E-state index in [-0.39, 0.29) is 17.4 Å². The van der Waals surface area contributed by atoms with E-state index in [9.17, 15) is 4.79 Å². The fraction of sp³-hybridized carbons (Fsp3) is 0.188. The molecule has 0 saturated heterocycles. The summed E-state index contributed by atoms with van der Waals surface area (Å²) >= 11 is 3.40. The zero-order valence-corrected chi connectivity index (χ0v) is 15.4. The second-order valence-electron chi connectivity index (χ2n) is 5.06. The number of ether oxygens (including phenoxy) is 2. The number of anilines is 1. The maximum absolute atomic E-state index is 12.7. The number of nitrogens with one attached hydrogen (secondary N) is 1. The zero-order chi connectivity index (χ0) is 18.4. The van der Waals surface area contributed by atoms with Gasteiger partial charge in [-0.05, 0) is 50.6 Å². The highest BCUT2D eigenvalue weighted by Crippen LogP contribution is 2.30. The maximum Gasteiger partial charge on any atom is 0.263 e. The number of hydrogen-bond acceptors (Lipinski definition) is 7. The molecule has 0 aliphatic heterocycles. The Morgan fingerprint density at radius 1 is 1.27 bits per heavy atom. The highest BCUT2D eigenvalue weighted by Gasteiger charge is 2.18. The molecule has 0 aliphatic carbocycles. The van der Waals surface area contributed by atoms with Crippen LogP contribution in [0, 0.1) is 0 Å². The number of hydrogen-bond donors (Lipinski definition) is 1. The van der Waals surface area contributed by atoms with Crippen molar-refractivity contribution in [1.82, 2.24) is 25.2 Å². The molecule has 0 unspecified atom stereocenters. The van der Waals surface area contributed by atoms with Gasteiger partial charge in [0.1, 0.15) is 11.3 Å². The van der Waals surface area contributed by atoms with Crippen LogP contribution < -0.4 is 10.1 Å². The number of pyridine rings is 1. The third-order valence-electron chi connectivity index (χ3n) is 3.32. The molecule has 2 heterocycles. The van der Waals surface area contributed by atoms with Gasteiger partial charge in [-0.25, -0.2) is 9.67 Å². The minimum Gasteiger partial charge on any atom is -0.437 e. The number of methoxy groups -OCH3 is 1. The summed E-state index contributed by atoms with van der Waals surface area (Å²) in [5, 5.41) is 13.8. The third kappa shape index (κ3) is 4.21. The normalized spacial score (nSPS) is 10.5. The van der Waals surface area contributed by atoms with E-state index in [0.717, 1.165) is 4.47 Å². The van der Waals surface area contributed by atoms with Crippen LogP contribution in [0.2, 0.25) is 0 Å². The topological polar surface area (TPSA) is 104 Å². The Kier molecular flexibility index (Phi) is 5.87. The van der Waals surface area contributed by atoms with Crippen molar-refractivity contribution in [2.24, 2.45) is 0 Å². The van der Waals surface area contributed by atoms with Crippen molar-refractivity contribution in [3.63, 3.8) is 0 Å². The maximum atomic E-state index is 12.7. The van der Waals surface area contributed by atoms with E-state index in [1.807, 2.05) is 18.2 Å². The molecule has 1 N–H and O–H groups in total. The molecule has 3 aromatic rings. The molecule has 10 heteroatoms. The van der Waals surface area contributed by atoms with Gasteiger partial charge in [0.25, 0.3) is 5.91 Å². The monoisotopic (exact) mass is 418 g/mol. The predicted octanol–water partition coefficient (Wildman–Crippen LogP) is 2.52. The van der Waals surface area contributed by atoms with Crippen molar-refractivity contribution in [2.45, 2.75) is 6.54 Å². The molecule has 3 rings (SSSR count). The molecule has 1 aromatic carbocycles. The van der Waals surface area contributed by atoms with Gasteiger partial charge in [-0.3, -0.25) is 10.1 Å². The summed E-state index contributed by atoms with van der Waals surface area (Å²) in [6.07, 6.45) is 1.55. The summed E-state index contributed by atoms with van der Waals surface area (Å²) in [4.78, 5) is 16.8. The van der Waals surface area contributed by atoms with Crippen LogP contribution >= 0.6 is 15.9 Å². The molecule has 0 bridgehead atoms. The van der Waals surface area contributed by atoms with Crippen LogP contribution in [0.15, 0.2) is 47.1 Å². The van der Waals surface area contributed by atoms with Crippen molar-refractivity contribution in [3.8, 4) is 11.6 Å². The number of para-hydroxylation sites is 1. The molecule has 0 atom stereocenters. The van der Waals surface area contributed by atoms with Gasteiger partial charge in [0, 0.05) is 13.3 Å². The SMILES string of the molecule is COCCn1nnnc1NC(=O)c1cccnc1Oc1ccccc1Br. The lowest BCUT2D eigenvalue weighted by Crippen LogP contribution is -2.18. The van der Waals surface area contributed by atoms with Crippen molar-refractivity contribution in [2.75, 3.05) is 19.0 Å². The quantitative estimate of drug-likeness (QED) is 0.628. The van der Waals surface area contributed by atoms with Crippen molar-refractivity contribution < 1.29 is 14.3 Å². The van der Waals surface area contributed by atoms with Crippen molar-refractivity contribution in [1.29, 1.82) is 0 Å². The van der Waals surface area contributed by atoms with E-state index < -0.39 is 5.91 Å². The fourth-order valence-electron chi connectivity index (χ4n) is 2.07. The van der Waals surface area contributed by atoms with Gasteiger partial charge in [-0.1, -0.05) is 17.2 Å². The Hall–Kier alpha value is -2.85.